The van der Waals surface area contributed by atoms with Crippen molar-refractivity contribution in [3.63, 3.8) is 0 Å². The zero-order valence-corrected chi connectivity index (χ0v) is 14.5. The van der Waals surface area contributed by atoms with Crippen molar-refractivity contribution in [2.75, 3.05) is 6.61 Å². The summed E-state index contributed by atoms with van der Waals surface area (Å²) in [6.45, 7) is 0.260. The molecule has 0 spiro atoms. The summed E-state index contributed by atoms with van der Waals surface area (Å²) in [5, 5.41) is 0.886. The molecule has 5 nitrogen and oxygen atoms in total. The third kappa shape index (κ3) is 5.92. The summed E-state index contributed by atoms with van der Waals surface area (Å²) in [4.78, 5) is 23.4. The van der Waals surface area contributed by atoms with E-state index in [4.69, 9.17) is 27.9 Å². The number of ether oxygens (including phenoxy) is 1. The smallest absolute Gasteiger partial charge is 0.272 e. The number of benzene rings is 2. The summed E-state index contributed by atoms with van der Waals surface area (Å²) < 4.78 is 18.9. The van der Waals surface area contributed by atoms with Crippen molar-refractivity contribution < 1.29 is 18.7 Å². The van der Waals surface area contributed by atoms with Crippen LogP contribution >= 0.6 is 23.2 Å². The predicted molar refractivity (Wildman–Crippen MR) is 93.2 cm³/mol. The summed E-state index contributed by atoms with van der Waals surface area (Å²) in [6, 6.07) is 10.3. The van der Waals surface area contributed by atoms with Gasteiger partial charge in [-0.3, -0.25) is 20.4 Å². The first-order valence-electron chi connectivity index (χ1n) is 7.39. The maximum Gasteiger partial charge on any atom is 0.272 e. The molecular formula is C17H15Cl2FN2O3. The maximum absolute atomic E-state index is 13.4. The van der Waals surface area contributed by atoms with Gasteiger partial charge in [-0.05, 0) is 36.8 Å². The van der Waals surface area contributed by atoms with E-state index < -0.39 is 17.6 Å². The number of rotatable bonds is 6. The minimum atomic E-state index is -0.726. The van der Waals surface area contributed by atoms with Crippen LogP contribution in [0.4, 0.5) is 4.39 Å². The van der Waals surface area contributed by atoms with Crippen LogP contribution in [0.15, 0.2) is 42.5 Å². The first-order chi connectivity index (χ1) is 12.0. The van der Waals surface area contributed by atoms with E-state index >= 15 is 0 Å². The highest BCUT2D eigenvalue weighted by Gasteiger charge is 2.11. The highest BCUT2D eigenvalue weighted by atomic mass is 35.5. The molecule has 0 heterocycles. The molecular weight excluding hydrogens is 370 g/mol. The zero-order valence-electron chi connectivity index (χ0n) is 13.0. The Morgan fingerprint density at radius 2 is 1.84 bits per heavy atom. The van der Waals surface area contributed by atoms with Crippen molar-refractivity contribution in [2.24, 2.45) is 0 Å². The molecule has 2 amide bonds. The fourth-order valence-corrected chi connectivity index (χ4v) is 2.37. The number of carbonyl (C=O) groups is 2. The molecule has 0 radical (unpaired) electrons. The van der Waals surface area contributed by atoms with Crippen LogP contribution in [0.25, 0.3) is 0 Å². The Balaban J connectivity index is 1.69. The minimum absolute atomic E-state index is 0.114. The van der Waals surface area contributed by atoms with Gasteiger partial charge in [-0.25, -0.2) is 4.39 Å². The summed E-state index contributed by atoms with van der Waals surface area (Å²) in [5.74, 6) is -1.34. The first kappa shape index (κ1) is 19.0. The van der Waals surface area contributed by atoms with Gasteiger partial charge >= 0.3 is 0 Å². The second kappa shape index (κ2) is 9.25. The third-order valence-electron chi connectivity index (χ3n) is 3.13. The van der Waals surface area contributed by atoms with Gasteiger partial charge in [0.2, 0.25) is 5.91 Å². The van der Waals surface area contributed by atoms with Gasteiger partial charge in [0.05, 0.1) is 17.2 Å². The molecule has 0 aliphatic heterocycles. The van der Waals surface area contributed by atoms with Crippen LogP contribution in [0.2, 0.25) is 10.0 Å². The highest BCUT2D eigenvalue weighted by molar-refractivity contribution is 6.35. The van der Waals surface area contributed by atoms with Gasteiger partial charge in [0.1, 0.15) is 11.6 Å². The molecule has 0 aliphatic rings. The molecule has 2 N–H and O–H groups in total. The number of amides is 2. The molecule has 0 unspecified atom stereocenters. The summed E-state index contributed by atoms with van der Waals surface area (Å²) >= 11 is 11.7. The lowest BCUT2D eigenvalue weighted by Gasteiger charge is -2.09. The largest absolute Gasteiger partial charge is 0.492 e. The molecule has 0 fully saturated rings. The van der Waals surface area contributed by atoms with Crippen LogP contribution in [0, 0.1) is 5.82 Å². The second-order valence-corrected chi connectivity index (χ2v) is 5.85. The van der Waals surface area contributed by atoms with E-state index in [1.807, 2.05) is 0 Å². The Morgan fingerprint density at radius 3 is 2.56 bits per heavy atom. The van der Waals surface area contributed by atoms with E-state index in [9.17, 15) is 14.0 Å². The molecule has 2 aromatic carbocycles. The highest BCUT2D eigenvalue weighted by Crippen LogP contribution is 2.27. The van der Waals surface area contributed by atoms with Gasteiger partial charge in [-0.15, -0.1) is 0 Å². The number of nitrogens with one attached hydrogen (secondary N) is 2. The predicted octanol–water partition coefficient (Wildman–Crippen LogP) is 3.75. The lowest BCUT2D eigenvalue weighted by atomic mass is 10.2. The van der Waals surface area contributed by atoms with E-state index in [0.29, 0.717) is 22.2 Å². The number of hydrogen-bond acceptors (Lipinski definition) is 3. The second-order valence-electron chi connectivity index (χ2n) is 5.01. The summed E-state index contributed by atoms with van der Waals surface area (Å²) in [6.07, 6.45) is 0.517. The minimum Gasteiger partial charge on any atom is -0.492 e. The van der Waals surface area contributed by atoms with Crippen LogP contribution in [0.1, 0.15) is 23.2 Å². The molecule has 2 rings (SSSR count). The standard InChI is InChI=1S/C17H15Cl2FN2O3/c18-11-7-8-15(13(19)10-11)25-9-3-6-16(23)21-22-17(24)12-4-1-2-5-14(12)20/h1-2,4-5,7-8,10H,3,6,9H2,(H,21,23)(H,22,24). The SMILES string of the molecule is O=C(CCCOc1ccc(Cl)cc1Cl)NNC(=O)c1ccccc1F. The topological polar surface area (TPSA) is 67.4 Å². The Bertz CT molecular complexity index is 771. The van der Waals surface area contributed by atoms with Crippen LogP contribution in [-0.4, -0.2) is 18.4 Å². The Hall–Kier alpha value is -2.31. The average molecular weight is 385 g/mol. The lowest BCUT2D eigenvalue weighted by Crippen LogP contribution is -2.41. The Morgan fingerprint density at radius 1 is 1.08 bits per heavy atom. The van der Waals surface area contributed by atoms with Crippen molar-refractivity contribution in [1.82, 2.24) is 10.9 Å². The Kier molecular flexibility index (Phi) is 7.03. The lowest BCUT2D eigenvalue weighted by molar-refractivity contribution is -0.122. The molecule has 0 atom stereocenters. The van der Waals surface area contributed by atoms with E-state index in [1.54, 1.807) is 18.2 Å². The van der Waals surface area contributed by atoms with Crippen molar-refractivity contribution in [2.45, 2.75) is 12.8 Å². The number of hydrogen-bond donors (Lipinski definition) is 2. The molecule has 0 saturated heterocycles. The quantitative estimate of drug-likeness (QED) is 0.588. The molecule has 0 aromatic heterocycles. The molecule has 2 aromatic rings. The van der Waals surface area contributed by atoms with Crippen LogP contribution in [-0.2, 0) is 4.79 Å². The van der Waals surface area contributed by atoms with Crippen molar-refractivity contribution in [1.29, 1.82) is 0 Å². The van der Waals surface area contributed by atoms with Crippen molar-refractivity contribution >= 4 is 35.0 Å². The fraction of sp³-hybridized carbons (Fsp3) is 0.176. The zero-order chi connectivity index (χ0) is 18.2. The maximum atomic E-state index is 13.4. The molecule has 0 aliphatic carbocycles. The molecule has 0 saturated carbocycles. The average Bonchev–Trinajstić information content (AvgIpc) is 2.58. The van der Waals surface area contributed by atoms with Crippen molar-refractivity contribution in [3.8, 4) is 5.75 Å². The first-order valence-corrected chi connectivity index (χ1v) is 8.14. The normalized spacial score (nSPS) is 10.2. The monoisotopic (exact) mass is 384 g/mol. The van der Waals surface area contributed by atoms with Crippen LogP contribution in [0.3, 0.4) is 0 Å². The molecule has 132 valence electrons. The summed E-state index contributed by atoms with van der Waals surface area (Å²) in [7, 11) is 0. The number of carbonyl (C=O) groups excluding carboxylic acids is 2. The van der Waals surface area contributed by atoms with Crippen LogP contribution < -0.4 is 15.6 Å². The Labute approximate surface area is 154 Å². The van der Waals surface area contributed by atoms with E-state index in [1.165, 1.54) is 18.2 Å². The van der Waals surface area contributed by atoms with Crippen LogP contribution in [0.5, 0.6) is 5.75 Å². The molecule has 25 heavy (non-hydrogen) atoms. The van der Waals surface area contributed by atoms with Gasteiger partial charge in [0.15, 0.2) is 0 Å². The van der Waals surface area contributed by atoms with Gasteiger partial charge in [-0.2, -0.15) is 0 Å². The van der Waals surface area contributed by atoms with Gasteiger partial charge in [0, 0.05) is 11.4 Å². The van der Waals surface area contributed by atoms with E-state index in [2.05, 4.69) is 10.9 Å². The van der Waals surface area contributed by atoms with Crippen molar-refractivity contribution in [3.05, 3.63) is 63.9 Å². The van der Waals surface area contributed by atoms with E-state index in [-0.39, 0.29) is 18.6 Å². The van der Waals surface area contributed by atoms with Gasteiger partial charge < -0.3 is 4.74 Å². The summed E-state index contributed by atoms with van der Waals surface area (Å²) in [5.41, 5.74) is 4.23. The number of halogens is 3. The number of hydrazine groups is 1. The van der Waals surface area contributed by atoms with E-state index in [0.717, 1.165) is 6.07 Å². The fourth-order valence-electron chi connectivity index (χ4n) is 1.91. The molecule has 8 heteroatoms. The third-order valence-corrected chi connectivity index (χ3v) is 3.66. The molecule has 0 bridgehead atoms. The van der Waals surface area contributed by atoms with Gasteiger partial charge in [-0.1, -0.05) is 35.3 Å². The van der Waals surface area contributed by atoms with Gasteiger partial charge in [0.25, 0.3) is 5.91 Å².